The standard InChI is InChI=1S/C21H26I2O4.C21H24O4/c1-21(2,15-3-7-19(8-4-15)26-13-17(24)11-22)16-5-9-20(10-6-16)27-14-18(25)12-23;1-21(2,15-3-7-17(8-4-15)22-11-19-13-24-19)16-5-9-18(10-6-16)23-12-20-14-25-20/h3-10,17-18,24-25H,11-14H2,1-2H3;3-10,19-20H,11-14H2,1-2H3. The summed E-state index contributed by atoms with van der Waals surface area (Å²) < 4.78 is 34.3. The van der Waals surface area contributed by atoms with E-state index in [1.807, 2.05) is 48.5 Å². The van der Waals surface area contributed by atoms with Crippen molar-refractivity contribution in [2.24, 2.45) is 0 Å². The zero-order valence-corrected chi connectivity index (χ0v) is 34.6. The summed E-state index contributed by atoms with van der Waals surface area (Å²) in [6.07, 6.45) is -0.326. The molecule has 0 spiro atoms. The normalized spacial score (nSPS) is 17.6. The maximum absolute atomic E-state index is 9.60. The fourth-order valence-electron chi connectivity index (χ4n) is 5.39. The van der Waals surface area contributed by atoms with Gasteiger partial charge in [0, 0.05) is 19.7 Å². The molecule has 2 aliphatic heterocycles. The summed E-state index contributed by atoms with van der Waals surface area (Å²) >= 11 is 4.28. The molecule has 280 valence electrons. The highest BCUT2D eigenvalue weighted by Crippen LogP contribution is 2.35. The topological polar surface area (TPSA) is 102 Å². The largest absolute Gasteiger partial charge is 0.491 e. The van der Waals surface area contributed by atoms with Gasteiger partial charge in [0.25, 0.3) is 0 Å². The van der Waals surface area contributed by atoms with Crippen LogP contribution in [0.2, 0.25) is 0 Å². The van der Waals surface area contributed by atoms with Gasteiger partial charge in [-0.2, -0.15) is 0 Å². The van der Waals surface area contributed by atoms with Gasteiger partial charge >= 0.3 is 0 Å². The molecule has 4 aromatic rings. The Morgan fingerprint density at radius 3 is 1.00 bits per heavy atom. The van der Waals surface area contributed by atoms with Crippen LogP contribution in [0.3, 0.4) is 0 Å². The predicted octanol–water partition coefficient (Wildman–Crippen LogP) is 7.93. The summed E-state index contributed by atoms with van der Waals surface area (Å²) in [5.41, 5.74) is 4.61. The minimum atomic E-state index is -0.444. The van der Waals surface area contributed by atoms with Gasteiger partial charge in [-0.05, 0) is 70.8 Å². The van der Waals surface area contributed by atoms with Crippen molar-refractivity contribution in [2.75, 3.05) is 48.5 Å². The van der Waals surface area contributed by atoms with Crippen molar-refractivity contribution in [3.8, 4) is 23.0 Å². The van der Waals surface area contributed by atoms with E-state index in [0.717, 1.165) is 36.2 Å². The molecule has 4 unspecified atom stereocenters. The Hall–Kier alpha value is -2.62. The first-order chi connectivity index (χ1) is 25.0. The van der Waals surface area contributed by atoms with E-state index in [1.165, 1.54) is 22.3 Å². The fourth-order valence-corrected chi connectivity index (χ4v) is 5.89. The Bertz CT molecular complexity index is 1510. The van der Waals surface area contributed by atoms with E-state index in [9.17, 15) is 10.2 Å². The molecule has 4 atom stereocenters. The molecule has 52 heavy (non-hydrogen) atoms. The summed E-state index contributed by atoms with van der Waals surface area (Å²) in [5, 5.41) is 19.2. The van der Waals surface area contributed by atoms with E-state index in [4.69, 9.17) is 28.4 Å². The summed E-state index contributed by atoms with van der Waals surface area (Å²) in [7, 11) is 0. The third kappa shape index (κ3) is 12.2. The molecule has 6 rings (SSSR count). The Labute approximate surface area is 335 Å². The highest BCUT2D eigenvalue weighted by molar-refractivity contribution is 14.1. The number of benzene rings is 4. The SMILES string of the molecule is CC(C)(c1ccc(OCC(O)CI)cc1)c1ccc(OCC(O)CI)cc1.CC(C)(c1ccc(OCC2CO2)cc1)c1ccc(OCC2CO2)cc1. The number of aliphatic hydroxyl groups is 2. The van der Waals surface area contributed by atoms with Crippen molar-refractivity contribution in [3.63, 3.8) is 0 Å². The Morgan fingerprint density at radius 1 is 0.519 bits per heavy atom. The van der Waals surface area contributed by atoms with Crippen LogP contribution in [0, 0.1) is 0 Å². The predicted molar refractivity (Wildman–Crippen MR) is 221 cm³/mol. The number of hydrogen-bond donors (Lipinski definition) is 2. The van der Waals surface area contributed by atoms with Crippen molar-refractivity contribution < 1.29 is 38.6 Å². The molecule has 0 amide bonds. The molecule has 0 bridgehead atoms. The van der Waals surface area contributed by atoms with Gasteiger partial charge in [0.15, 0.2) is 0 Å². The van der Waals surface area contributed by atoms with Crippen LogP contribution in [0.4, 0.5) is 0 Å². The number of aliphatic hydroxyl groups excluding tert-OH is 2. The second kappa shape index (κ2) is 19.1. The number of alkyl halides is 2. The van der Waals surface area contributed by atoms with Crippen molar-refractivity contribution in [1.82, 2.24) is 0 Å². The number of rotatable bonds is 18. The van der Waals surface area contributed by atoms with Crippen molar-refractivity contribution in [1.29, 1.82) is 0 Å². The molecule has 2 fully saturated rings. The molecule has 8 nitrogen and oxygen atoms in total. The lowest BCUT2D eigenvalue weighted by Gasteiger charge is -2.26. The Kier molecular flexibility index (Phi) is 14.9. The molecule has 10 heteroatoms. The van der Waals surface area contributed by atoms with Crippen LogP contribution in [-0.2, 0) is 20.3 Å². The van der Waals surface area contributed by atoms with Crippen LogP contribution in [0.25, 0.3) is 0 Å². The zero-order valence-electron chi connectivity index (χ0n) is 30.3. The highest BCUT2D eigenvalue weighted by Gasteiger charge is 2.26. The molecule has 2 N–H and O–H groups in total. The average molecular weight is 937 g/mol. The molecule has 0 aliphatic carbocycles. The van der Waals surface area contributed by atoms with E-state index in [2.05, 4.69) is 121 Å². The number of halogens is 2. The van der Waals surface area contributed by atoms with E-state index in [0.29, 0.717) is 35.3 Å². The third-order valence-electron chi connectivity index (χ3n) is 9.22. The molecule has 0 radical (unpaired) electrons. The van der Waals surface area contributed by atoms with Crippen LogP contribution in [0.1, 0.15) is 49.9 Å². The minimum Gasteiger partial charge on any atom is -0.491 e. The first-order valence-electron chi connectivity index (χ1n) is 17.6. The molecule has 0 aromatic heterocycles. The van der Waals surface area contributed by atoms with Gasteiger partial charge in [0.2, 0.25) is 0 Å². The second-order valence-corrected chi connectivity index (χ2v) is 15.9. The quantitative estimate of drug-likeness (QED) is 0.0590. The van der Waals surface area contributed by atoms with Gasteiger partial charge in [0.1, 0.15) is 61.6 Å². The molecule has 2 heterocycles. The smallest absolute Gasteiger partial charge is 0.119 e. The average Bonchev–Trinajstić information content (AvgIpc) is 4.12. The van der Waals surface area contributed by atoms with Crippen molar-refractivity contribution in [3.05, 3.63) is 119 Å². The van der Waals surface area contributed by atoms with Gasteiger partial charge in [-0.3, -0.25) is 0 Å². The van der Waals surface area contributed by atoms with Gasteiger partial charge in [-0.15, -0.1) is 0 Å². The molecule has 0 saturated carbocycles. The van der Waals surface area contributed by atoms with Crippen LogP contribution in [-0.4, -0.2) is 83.1 Å². The van der Waals surface area contributed by atoms with Gasteiger partial charge in [-0.25, -0.2) is 0 Å². The van der Waals surface area contributed by atoms with E-state index >= 15 is 0 Å². The van der Waals surface area contributed by atoms with Gasteiger partial charge < -0.3 is 38.6 Å². The molecular weight excluding hydrogens is 886 g/mol. The van der Waals surface area contributed by atoms with Gasteiger partial charge in [0.05, 0.1) is 25.4 Å². The lowest BCUT2D eigenvalue weighted by atomic mass is 9.78. The van der Waals surface area contributed by atoms with Crippen LogP contribution >= 0.6 is 45.2 Å². The van der Waals surface area contributed by atoms with Crippen LogP contribution in [0.15, 0.2) is 97.1 Å². The second-order valence-electron chi connectivity index (χ2n) is 14.1. The number of epoxide rings is 2. The Balaban J connectivity index is 0.000000201. The van der Waals surface area contributed by atoms with E-state index < -0.39 is 12.2 Å². The third-order valence-corrected chi connectivity index (χ3v) is 11.3. The van der Waals surface area contributed by atoms with Gasteiger partial charge in [-0.1, -0.05) is 121 Å². The zero-order chi connectivity index (χ0) is 37.1. The lowest BCUT2D eigenvalue weighted by molar-refractivity contribution is 0.128. The summed E-state index contributed by atoms with van der Waals surface area (Å²) in [5.74, 6) is 3.30. The first-order valence-corrected chi connectivity index (χ1v) is 20.7. The lowest BCUT2D eigenvalue weighted by Crippen LogP contribution is -2.20. The number of hydrogen-bond acceptors (Lipinski definition) is 8. The first kappa shape index (κ1) is 40.6. The maximum atomic E-state index is 9.60. The molecular formula is C42H50I2O8. The van der Waals surface area contributed by atoms with E-state index in [-0.39, 0.29) is 23.0 Å². The van der Waals surface area contributed by atoms with Crippen molar-refractivity contribution in [2.45, 2.75) is 62.9 Å². The molecule has 2 aliphatic rings. The van der Waals surface area contributed by atoms with Crippen LogP contribution in [0.5, 0.6) is 23.0 Å². The number of ether oxygens (including phenoxy) is 6. The maximum Gasteiger partial charge on any atom is 0.119 e. The minimum absolute atomic E-state index is 0.0870. The summed E-state index contributed by atoms with van der Waals surface area (Å²) in [6, 6.07) is 32.7. The van der Waals surface area contributed by atoms with E-state index in [1.54, 1.807) is 0 Å². The molecule has 2 saturated heterocycles. The monoisotopic (exact) mass is 936 g/mol. The van der Waals surface area contributed by atoms with Crippen molar-refractivity contribution >= 4 is 45.2 Å². The van der Waals surface area contributed by atoms with Crippen LogP contribution < -0.4 is 18.9 Å². The summed E-state index contributed by atoms with van der Waals surface area (Å²) in [4.78, 5) is 0. The summed E-state index contributed by atoms with van der Waals surface area (Å²) in [6.45, 7) is 12.3. The molecule has 4 aromatic carbocycles. The fraction of sp³-hybridized carbons (Fsp3) is 0.429. The highest BCUT2D eigenvalue weighted by atomic mass is 127. The Morgan fingerprint density at radius 2 is 0.769 bits per heavy atom.